The van der Waals surface area contributed by atoms with Crippen LogP contribution in [0.3, 0.4) is 0 Å². The largest absolute Gasteiger partial charge is 0.454 e. The lowest BCUT2D eigenvalue weighted by Crippen LogP contribution is -2.46. The molecule has 2 aliphatic heterocycles. The standard InChI is InChI=1S/C22H26N2O2/c1-18(13-19-5-3-2-4-6-19)15-23-9-11-24(12-10-23)16-20-7-8-21-22(14-20)26-17-25-21/h2-8,13-14H,9-12,15-17H2,1H3. The van der Waals surface area contributed by atoms with Gasteiger partial charge >= 0.3 is 0 Å². The zero-order valence-electron chi connectivity index (χ0n) is 15.4. The van der Waals surface area contributed by atoms with Crippen LogP contribution in [0.4, 0.5) is 0 Å². The number of fused-ring (bicyclic) bond motifs is 1. The van der Waals surface area contributed by atoms with Crippen LogP contribution in [-0.4, -0.2) is 49.3 Å². The number of hydrogen-bond donors (Lipinski definition) is 0. The Morgan fingerprint density at radius 1 is 0.923 bits per heavy atom. The summed E-state index contributed by atoms with van der Waals surface area (Å²) in [6.07, 6.45) is 2.29. The lowest BCUT2D eigenvalue weighted by Gasteiger charge is -2.35. The molecule has 4 heteroatoms. The minimum absolute atomic E-state index is 0.341. The van der Waals surface area contributed by atoms with E-state index in [-0.39, 0.29) is 0 Å². The molecule has 2 aliphatic rings. The van der Waals surface area contributed by atoms with Gasteiger partial charge in [-0.3, -0.25) is 9.80 Å². The number of benzene rings is 2. The van der Waals surface area contributed by atoms with Gasteiger partial charge in [0.25, 0.3) is 0 Å². The molecule has 2 aromatic rings. The minimum atomic E-state index is 0.341. The Labute approximate surface area is 155 Å². The number of piperazine rings is 1. The van der Waals surface area contributed by atoms with Crippen LogP contribution in [0.2, 0.25) is 0 Å². The first-order chi connectivity index (χ1) is 12.8. The Hall–Kier alpha value is -2.30. The maximum atomic E-state index is 5.48. The van der Waals surface area contributed by atoms with Crippen LogP contribution in [-0.2, 0) is 6.54 Å². The van der Waals surface area contributed by atoms with Crippen molar-refractivity contribution in [2.75, 3.05) is 39.5 Å². The molecular formula is C22H26N2O2. The molecular weight excluding hydrogens is 324 g/mol. The lowest BCUT2D eigenvalue weighted by molar-refractivity contribution is 0.135. The van der Waals surface area contributed by atoms with Crippen LogP contribution in [0.1, 0.15) is 18.1 Å². The summed E-state index contributed by atoms with van der Waals surface area (Å²) in [7, 11) is 0. The summed E-state index contributed by atoms with van der Waals surface area (Å²) in [5, 5.41) is 0. The molecule has 2 aromatic carbocycles. The molecule has 1 saturated heterocycles. The topological polar surface area (TPSA) is 24.9 Å². The molecule has 4 rings (SSSR count). The van der Waals surface area contributed by atoms with Gasteiger partial charge in [-0.15, -0.1) is 0 Å². The van der Waals surface area contributed by atoms with Crippen molar-refractivity contribution in [3.63, 3.8) is 0 Å². The molecule has 1 fully saturated rings. The lowest BCUT2D eigenvalue weighted by atomic mass is 10.1. The first-order valence-electron chi connectivity index (χ1n) is 9.32. The van der Waals surface area contributed by atoms with Gasteiger partial charge in [0.15, 0.2) is 11.5 Å². The Morgan fingerprint density at radius 3 is 2.46 bits per heavy atom. The van der Waals surface area contributed by atoms with E-state index in [1.165, 1.54) is 16.7 Å². The molecule has 0 amide bonds. The van der Waals surface area contributed by atoms with E-state index in [0.717, 1.165) is 50.8 Å². The summed E-state index contributed by atoms with van der Waals surface area (Å²) in [6.45, 7) is 9.03. The first-order valence-corrected chi connectivity index (χ1v) is 9.32. The van der Waals surface area contributed by atoms with Gasteiger partial charge in [0.1, 0.15) is 0 Å². The summed E-state index contributed by atoms with van der Waals surface area (Å²) in [6, 6.07) is 16.8. The second-order valence-electron chi connectivity index (χ2n) is 7.14. The van der Waals surface area contributed by atoms with Crippen molar-refractivity contribution in [2.45, 2.75) is 13.5 Å². The number of hydrogen-bond acceptors (Lipinski definition) is 4. The predicted octanol–water partition coefficient (Wildman–Crippen LogP) is 3.64. The molecule has 0 atom stereocenters. The Bertz CT molecular complexity index is 765. The molecule has 0 N–H and O–H groups in total. The van der Waals surface area contributed by atoms with Gasteiger partial charge in [0.2, 0.25) is 6.79 Å². The van der Waals surface area contributed by atoms with Crippen molar-refractivity contribution in [3.8, 4) is 11.5 Å². The second-order valence-corrected chi connectivity index (χ2v) is 7.14. The van der Waals surface area contributed by atoms with E-state index in [1.54, 1.807) is 0 Å². The van der Waals surface area contributed by atoms with Crippen molar-refractivity contribution < 1.29 is 9.47 Å². The average Bonchev–Trinajstić information content (AvgIpc) is 3.12. The van der Waals surface area contributed by atoms with Gasteiger partial charge in [-0.05, 0) is 30.2 Å². The summed E-state index contributed by atoms with van der Waals surface area (Å²) in [5.41, 5.74) is 4.00. The summed E-state index contributed by atoms with van der Waals surface area (Å²) < 4.78 is 10.9. The van der Waals surface area contributed by atoms with E-state index < -0.39 is 0 Å². The molecule has 0 aromatic heterocycles. The van der Waals surface area contributed by atoms with Gasteiger partial charge in [0.05, 0.1) is 0 Å². The smallest absolute Gasteiger partial charge is 0.231 e. The third-order valence-electron chi connectivity index (χ3n) is 4.99. The molecule has 136 valence electrons. The molecule has 26 heavy (non-hydrogen) atoms. The quantitative estimate of drug-likeness (QED) is 0.822. The highest BCUT2D eigenvalue weighted by Gasteiger charge is 2.19. The first kappa shape index (κ1) is 17.1. The van der Waals surface area contributed by atoms with E-state index >= 15 is 0 Å². The van der Waals surface area contributed by atoms with Crippen molar-refractivity contribution in [1.29, 1.82) is 0 Å². The normalized spacial score (nSPS) is 18.3. The van der Waals surface area contributed by atoms with Gasteiger partial charge in [-0.2, -0.15) is 0 Å². The number of rotatable bonds is 5. The fourth-order valence-electron chi connectivity index (χ4n) is 3.64. The van der Waals surface area contributed by atoms with Gasteiger partial charge in [-0.25, -0.2) is 0 Å². The Morgan fingerprint density at radius 2 is 1.65 bits per heavy atom. The maximum absolute atomic E-state index is 5.48. The third-order valence-corrected chi connectivity index (χ3v) is 4.99. The van der Waals surface area contributed by atoms with E-state index in [0.29, 0.717) is 6.79 Å². The maximum Gasteiger partial charge on any atom is 0.231 e. The molecule has 0 bridgehead atoms. The van der Waals surface area contributed by atoms with Crippen LogP contribution in [0.5, 0.6) is 11.5 Å². The van der Waals surface area contributed by atoms with Crippen LogP contribution < -0.4 is 9.47 Å². The van der Waals surface area contributed by atoms with Crippen molar-refractivity contribution in [1.82, 2.24) is 9.80 Å². The fraction of sp³-hybridized carbons (Fsp3) is 0.364. The highest BCUT2D eigenvalue weighted by atomic mass is 16.7. The zero-order chi connectivity index (χ0) is 17.8. The number of ether oxygens (including phenoxy) is 2. The molecule has 4 nitrogen and oxygen atoms in total. The zero-order valence-corrected chi connectivity index (χ0v) is 15.4. The van der Waals surface area contributed by atoms with Crippen LogP contribution in [0, 0.1) is 0 Å². The van der Waals surface area contributed by atoms with Crippen molar-refractivity contribution >= 4 is 6.08 Å². The third kappa shape index (κ3) is 4.26. The molecule has 0 unspecified atom stereocenters. The highest BCUT2D eigenvalue weighted by Crippen LogP contribution is 2.32. The summed E-state index contributed by atoms with van der Waals surface area (Å²) >= 11 is 0. The monoisotopic (exact) mass is 350 g/mol. The average molecular weight is 350 g/mol. The fourth-order valence-corrected chi connectivity index (χ4v) is 3.64. The SMILES string of the molecule is CC(=Cc1ccccc1)CN1CCN(Cc2ccc3c(c2)OCO3)CC1. The van der Waals surface area contributed by atoms with E-state index in [4.69, 9.17) is 9.47 Å². The van der Waals surface area contributed by atoms with E-state index in [1.807, 2.05) is 6.07 Å². The van der Waals surface area contributed by atoms with Crippen LogP contribution >= 0.6 is 0 Å². The van der Waals surface area contributed by atoms with E-state index in [9.17, 15) is 0 Å². The van der Waals surface area contributed by atoms with Crippen molar-refractivity contribution in [2.24, 2.45) is 0 Å². The van der Waals surface area contributed by atoms with Crippen LogP contribution in [0.15, 0.2) is 54.1 Å². The molecule has 0 spiro atoms. The minimum Gasteiger partial charge on any atom is -0.454 e. The van der Waals surface area contributed by atoms with Crippen LogP contribution in [0.25, 0.3) is 6.08 Å². The summed E-state index contributed by atoms with van der Waals surface area (Å²) in [5.74, 6) is 1.74. The second kappa shape index (κ2) is 7.94. The van der Waals surface area contributed by atoms with E-state index in [2.05, 4.69) is 65.3 Å². The van der Waals surface area contributed by atoms with Gasteiger partial charge in [-0.1, -0.05) is 48.0 Å². The van der Waals surface area contributed by atoms with Gasteiger partial charge in [0, 0.05) is 39.3 Å². The molecule has 0 saturated carbocycles. The summed E-state index contributed by atoms with van der Waals surface area (Å²) in [4.78, 5) is 5.06. The predicted molar refractivity (Wildman–Crippen MR) is 104 cm³/mol. The molecule has 0 radical (unpaired) electrons. The van der Waals surface area contributed by atoms with Gasteiger partial charge < -0.3 is 9.47 Å². The Kier molecular flexibility index (Phi) is 5.23. The molecule has 2 heterocycles. The Balaban J connectivity index is 1.27. The molecule has 0 aliphatic carbocycles. The van der Waals surface area contributed by atoms with Crippen molar-refractivity contribution in [3.05, 3.63) is 65.2 Å². The highest BCUT2D eigenvalue weighted by molar-refractivity contribution is 5.52. The number of nitrogens with zero attached hydrogens (tertiary/aromatic N) is 2.